The fourth-order valence-electron chi connectivity index (χ4n) is 8.33. The zero-order valence-electron chi connectivity index (χ0n) is 35.9. The molecule has 316 valence electrons. The number of carbonyl (C=O) groups is 4. The van der Waals surface area contributed by atoms with Crippen molar-refractivity contribution in [3.63, 3.8) is 0 Å². The molecule has 0 spiro atoms. The maximum Gasteiger partial charge on any atom is 0.338 e. The lowest BCUT2D eigenvalue weighted by atomic mass is 9.87. The Morgan fingerprint density at radius 1 is 0.446 bits per heavy atom. The smallest absolute Gasteiger partial charge is 0.338 e. The lowest BCUT2D eigenvalue weighted by Crippen LogP contribution is -2.36. The summed E-state index contributed by atoms with van der Waals surface area (Å²) in [4.78, 5) is 57.9. The van der Waals surface area contributed by atoms with Gasteiger partial charge in [-0.25, -0.2) is 19.2 Å². The van der Waals surface area contributed by atoms with Crippen LogP contribution in [0, 0.1) is 23.7 Å². The Morgan fingerprint density at radius 2 is 0.696 bits per heavy atom. The average Bonchev–Trinajstić information content (AvgIpc) is 3.17. The summed E-state index contributed by atoms with van der Waals surface area (Å²) in [7, 11) is 0. The molecule has 0 heterocycles. The Labute approximate surface area is 337 Å². The van der Waals surface area contributed by atoms with Crippen LogP contribution in [0.1, 0.15) is 200 Å². The van der Waals surface area contributed by atoms with Crippen LogP contribution in [0.15, 0.2) is 12.1 Å². The highest BCUT2D eigenvalue weighted by atomic mass is 16.4. The van der Waals surface area contributed by atoms with Crippen LogP contribution in [-0.2, 0) is 0 Å². The van der Waals surface area contributed by atoms with Crippen molar-refractivity contribution in [1.82, 2.24) is 0 Å². The molecule has 0 saturated heterocycles. The Hall–Kier alpha value is -3.82. The Bertz CT molecular complexity index is 1420. The Kier molecular flexibility index (Phi) is 21.3. The molecule has 0 aliphatic rings. The van der Waals surface area contributed by atoms with Gasteiger partial charge in [0.2, 0.25) is 0 Å². The molecule has 4 unspecified atom stereocenters. The van der Waals surface area contributed by atoms with E-state index in [1.807, 2.05) is 9.80 Å². The number of nitrogens with zero attached hydrogens (tertiary/aromatic N) is 2. The first-order valence-electron chi connectivity index (χ1n) is 21.9. The summed E-state index contributed by atoms with van der Waals surface area (Å²) in [5.41, 5.74) is -1.25. The first-order chi connectivity index (χ1) is 26.8. The van der Waals surface area contributed by atoms with Crippen LogP contribution in [0.3, 0.4) is 0 Å². The van der Waals surface area contributed by atoms with E-state index in [4.69, 9.17) is 0 Å². The summed E-state index contributed by atoms with van der Waals surface area (Å²) in [5.74, 6) is -4.96. The summed E-state index contributed by atoms with van der Waals surface area (Å²) in [6, 6.07) is 2.65. The van der Waals surface area contributed by atoms with Gasteiger partial charge in [-0.15, -0.1) is 0 Å². The van der Waals surface area contributed by atoms with Crippen LogP contribution in [0.2, 0.25) is 0 Å². The molecule has 0 aliphatic heterocycles. The number of hydrogen-bond acceptors (Lipinski definition) is 6. The molecule has 2 aromatic carbocycles. The first-order valence-corrected chi connectivity index (χ1v) is 21.9. The first kappa shape index (κ1) is 48.3. The van der Waals surface area contributed by atoms with Gasteiger partial charge in [0.1, 0.15) is 0 Å². The molecule has 0 fully saturated rings. The number of anilines is 2. The molecule has 4 atom stereocenters. The van der Waals surface area contributed by atoms with Crippen LogP contribution in [0.4, 0.5) is 11.4 Å². The van der Waals surface area contributed by atoms with E-state index >= 15 is 0 Å². The van der Waals surface area contributed by atoms with Crippen LogP contribution in [-0.4, -0.2) is 70.5 Å². The number of carboxylic acid groups (broad SMARTS) is 4. The molecule has 0 aromatic heterocycles. The normalized spacial score (nSPS) is 13.6. The SMILES string of the molecule is CCCCC(CC)CN(CC(CC)CCCC)c1cc(C(=O)O)c2c(C(=O)O)c(N(CC(CC)CCCC)CC(CC)CCCC)cc(C(=O)O)c2c1C(=O)O. The van der Waals surface area contributed by atoms with E-state index in [9.17, 15) is 39.6 Å². The van der Waals surface area contributed by atoms with Gasteiger partial charge in [-0.3, -0.25) is 0 Å². The van der Waals surface area contributed by atoms with Crippen molar-refractivity contribution in [1.29, 1.82) is 0 Å². The summed E-state index contributed by atoms with van der Waals surface area (Å²) < 4.78 is 0. The topological polar surface area (TPSA) is 156 Å². The maximum absolute atomic E-state index is 13.6. The van der Waals surface area contributed by atoms with Gasteiger partial charge in [-0.2, -0.15) is 0 Å². The highest BCUT2D eigenvalue weighted by Crippen LogP contribution is 2.42. The van der Waals surface area contributed by atoms with Gasteiger partial charge in [0.05, 0.1) is 33.6 Å². The standard InChI is InChI=1S/C46H74N2O8/c1-9-17-21-31(13-5)27-47(28-32(14-6)22-18-10-2)37-25-35(43(49)50)40-39(41(37)45(53)54)36(44(51)52)26-38(42(40)46(55)56)48(29-33(15-7)23-19-11-3)30-34(16-8)24-20-12-4/h25-26,31-34H,9-24,27-30H2,1-8H3,(H,49,50)(H,51,52)(H,53,54)(H,55,56). The highest BCUT2D eigenvalue weighted by molar-refractivity contribution is 6.26. The number of benzene rings is 2. The second-order valence-corrected chi connectivity index (χ2v) is 16.1. The van der Waals surface area contributed by atoms with Gasteiger partial charge in [0.25, 0.3) is 0 Å². The number of hydrogen-bond donors (Lipinski definition) is 4. The van der Waals surface area contributed by atoms with Crippen molar-refractivity contribution in [3.8, 4) is 0 Å². The van der Waals surface area contributed by atoms with E-state index in [1.165, 1.54) is 12.1 Å². The summed E-state index contributed by atoms with van der Waals surface area (Å²) >= 11 is 0. The van der Waals surface area contributed by atoms with E-state index < -0.39 is 35.0 Å². The van der Waals surface area contributed by atoms with Crippen molar-refractivity contribution >= 4 is 46.0 Å². The van der Waals surface area contributed by atoms with Gasteiger partial charge < -0.3 is 30.2 Å². The number of fused-ring (bicyclic) bond motifs is 1. The minimum atomic E-state index is -1.43. The highest BCUT2D eigenvalue weighted by Gasteiger charge is 2.35. The molecule has 2 aromatic rings. The molecule has 0 bridgehead atoms. The maximum atomic E-state index is 13.6. The lowest BCUT2D eigenvalue weighted by Gasteiger charge is -2.35. The summed E-state index contributed by atoms with van der Waals surface area (Å²) in [5, 5.41) is 43.3. The third kappa shape index (κ3) is 13.1. The summed E-state index contributed by atoms with van der Waals surface area (Å²) in [6.07, 6.45) is 14.9. The van der Waals surface area contributed by atoms with Gasteiger partial charge in [-0.1, -0.05) is 132 Å². The van der Waals surface area contributed by atoms with Crippen LogP contribution in [0.5, 0.6) is 0 Å². The zero-order valence-corrected chi connectivity index (χ0v) is 35.9. The number of unbranched alkanes of at least 4 members (excludes halogenated alkanes) is 4. The molecular formula is C46H74N2O8. The van der Waals surface area contributed by atoms with Crippen molar-refractivity contribution in [2.75, 3.05) is 36.0 Å². The van der Waals surface area contributed by atoms with E-state index in [0.29, 0.717) is 26.2 Å². The lowest BCUT2D eigenvalue weighted by molar-refractivity contribution is 0.0676. The van der Waals surface area contributed by atoms with E-state index in [2.05, 4.69) is 55.4 Å². The predicted molar refractivity (Wildman–Crippen MR) is 229 cm³/mol. The average molecular weight is 783 g/mol. The van der Waals surface area contributed by atoms with Gasteiger partial charge in [0, 0.05) is 37.0 Å². The third-order valence-corrected chi connectivity index (χ3v) is 12.0. The second-order valence-electron chi connectivity index (χ2n) is 16.1. The van der Waals surface area contributed by atoms with Crippen LogP contribution >= 0.6 is 0 Å². The fraction of sp³-hybridized carbons (Fsp3) is 0.696. The minimum absolute atomic E-state index is 0.131. The monoisotopic (exact) mass is 783 g/mol. The van der Waals surface area contributed by atoms with Crippen molar-refractivity contribution in [2.45, 2.75) is 158 Å². The van der Waals surface area contributed by atoms with Crippen molar-refractivity contribution in [3.05, 3.63) is 34.4 Å². The third-order valence-electron chi connectivity index (χ3n) is 12.0. The molecular weight excluding hydrogens is 709 g/mol. The Balaban J connectivity index is 3.24. The molecule has 10 heteroatoms. The molecule has 0 amide bonds. The van der Waals surface area contributed by atoms with E-state index in [0.717, 1.165) is 103 Å². The quantitative estimate of drug-likeness (QED) is 0.0601. The molecule has 0 aliphatic carbocycles. The van der Waals surface area contributed by atoms with Crippen molar-refractivity contribution < 1.29 is 39.6 Å². The number of rotatable bonds is 30. The zero-order chi connectivity index (χ0) is 41.9. The predicted octanol–water partition coefficient (Wildman–Crippen LogP) is 12.1. The molecule has 10 nitrogen and oxygen atoms in total. The number of aromatic carboxylic acids is 4. The number of carboxylic acids is 4. The van der Waals surface area contributed by atoms with Crippen LogP contribution in [0.25, 0.3) is 10.8 Å². The molecule has 56 heavy (non-hydrogen) atoms. The van der Waals surface area contributed by atoms with Gasteiger partial charge in [-0.05, 0) is 61.5 Å². The van der Waals surface area contributed by atoms with Gasteiger partial charge >= 0.3 is 23.9 Å². The Morgan fingerprint density at radius 3 is 0.875 bits per heavy atom. The minimum Gasteiger partial charge on any atom is -0.478 e. The molecule has 0 radical (unpaired) electrons. The molecule has 4 N–H and O–H groups in total. The molecule has 2 rings (SSSR count). The van der Waals surface area contributed by atoms with Crippen LogP contribution < -0.4 is 9.80 Å². The van der Waals surface area contributed by atoms with Crippen molar-refractivity contribution in [2.24, 2.45) is 23.7 Å². The second kappa shape index (κ2) is 24.7. The van der Waals surface area contributed by atoms with E-state index in [1.54, 1.807) is 0 Å². The molecule has 0 saturated carbocycles. The fourth-order valence-corrected chi connectivity index (χ4v) is 8.33. The van der Waals surface area contributed by atoms with Gasteiger partial charge in [0.15, 0.2) is 0 Å². The van der Waals surface area contributed by atoms with E-state index in [-0.39, 0.29) is 56.9 Å². The summed E-state index contributed by atoms with van der Waals surface area (Å²) in [6.45, 7) is 18.8. The largest absolute Gasteiger partial charge is 0.478 e.